The van der Waals surface area contributed by atoms with Gasteiger partial charge in [-0.05, 0) is 73.0 Å². The molecule has 4 aromatic carbocycles. The lowest BCUT2D eigenvalue weighted by Gasteiger charge is -2.26. The van der Waals surface area contributed by atoms with Gasteiger partial charge in [-0.1, -0.05) is 48.5 Å². The number of hydrogen-bond acceptors (Lipinski definition) is 10. The molecule has 13 heteroatoms. The third-order valence-corrected chi connectivity index (χ3v) is 10.8. The number of pyridine rings is 1. The van der Waals surface area contributed by atoms with Crippen LogP contribution in [-0.4, -0.2) is 74.3 Å². The molecule has 1 aliphatic rings. The van der Waals surface area contributed by atoms with E-state index in [-0.39, 0.29) is 16.1 Å². The van der Waals surface area contributed by atoms with Gasteiger partial charge >= 0.3 is 0 Å². The molecule has 1 aliphatic heterocycles. The molecule has 2 N–H and O–H groups in total. The van der Waals surface area contributed by atoms with Crippen LogP contribution in [0.4, 0.5) is 11.4 Å². The van der Waals surface area contributed by atoms with Gasteiger partial charge in [0.25, 0.3) is 21.6 Å². The van der Waals surface area contributed by atoms with E-state index < -0.39 is 26.5 Å². The Balaban J connectivity index is 1.11. The van der Waals surface area contributed by atoms with E-state index >= 15 is 0 Å². The third kappa shape index (κ3) is 8.66. The molecule has 1 aromatic heterocycles. The van der Waals surface area contributed by atoms with E-state index in [1.54, 1.807) is 42.2 Å². The quantitative estimate of drug-likeness (QED) is 0.0575. The Morgan fingerprint density at radius 3 is 2.50 bits per heavy atom. The first-order valence-electron chi connectivity index (χ1n) is 16.3. The number of sulfonamides is 1. The van der Waals surface area contributed by atoms with Crippen LogP contribution in [0.25, 0.3) is 22.0 Å². The fourth-order valence-electron chi connectivity index (χ4n) is 5.89. The fourth-order valence-corrected chi connectivity index (χ4v) is 7.68. The first kappa shape index (κ1) is 35.0. The van der Waals surface area contributed by atoms with Crippen molar-refractivity contribution in [3.8, 4) is 11.1 Å². The molecule has 6 rings (SSSR count). The number of aryl methyl sites for hydroxylation is 1. The topological polar surface area (TPSA) is 144 Å². The number of benzene rings is 4. The molecule has 1 saturated heterocycles. The highest BCUT2D eigenvalue weighted by atomic mass is 32.2. The van der Waals surface area contributed by atoms with Crippen LogP contribution in [0.2, 0.25) is 0 Å². The second-order valence-electron chi connectivity index (χ2n) is 11.8. The van der Waals surface area contributed by atoms with Crippen molar-refractivity contribution in [1.29, 1.82) is 0 Å². The molecule has 0 aliphatic carbocycles. The summed E-state index contributed by atoms with van der Waals surface area (Å²) in [4.78, 5) is 32.0. The molecule has 258 valence electrons. The van der Waals surface area contributed by atoms with E-state index in [0.717, 1.165) is 78.7 Å². The van der Waals surface area contributed by atoms with E-state index in [2.05, 4.69) is 27.3 Å². The number of nitrogens with one attached hydrogen (secondary N) is 2. The molecule has 2 heterocycles. The number of fused-ring (bicyclic) bond motifs is 1. The molecule has 0 saturated carbocycles. The number of ether oxygens (including phenoxy) is 1. The van der Waals surface area contributed by atoms with Crippen molar-refractivity contribution < 1.29 is 22.9 Å². The normalized spacial score (nSPS) is 13.6. The van der Waals surface area contributed by atoms with Crippen LogP contribution in [0.1, 0.15) is 22.3 Å². The molecule has 5 aromatic rings. The number of nitrogens with zero attached hydrogens (tertiary/aromatic N) is 3. The van der Waals surface area contributed by atoms with Crippen LogP contribution in [-0.2, 0) is 21.2 Å². The minimum absolute atomic E-state index is 0.123. The standard InChI is InChI=1S/C37H37N5O6S2/c43-37(40-50(46,47)31-15-17-34(35(26-31)42(44)45)38-19-25-49-30-7-2-1-3-8-30)29-12-10-28(11-13-29)33-16-14-27(32-9-4-18-39-36(32)33)6-5-20-41-21-23-48-24-22-41/h1-4,7-18,26,38H,5-6,19-25H2,(H,40,43). The van der Waals surface area contributed by atoms with Gasteiger partial charge in [0.1, 0.15) is 5.69 Å². The lowest BCUT2D eigenvalue weighted by Crippen LogP contribution is -2.36. The zero-order valence-electron chi connectivity index (χ0n) is 27.3. The van der Waals surface area contributed by atoms with Crippen LogP contribution >= 0.6 is 11.8 Å². The number of rotatable bonds is 14. The van der Waals surface area contributed by atoms with Crippen molar-refractivity contribution in [3.05, 3.63) is 124 Å². The van der Waals surface area contributed by atoms with Crippen LogP contribution < -0.4 is 10.0 Å². The van der Waals surface area contributed by atoms with Gasteiger partial charge in [-0.15, -0.1) is 11.8 Å². The Hall–Kier alpha value is -4.82. The fraction of sp³-hybridized carbons (Fsp3) is 0.243. The number of amides is 1. The monoisotopic (exact) mass is 711 g/mol. The maximum atomic E-state index is 13.2. The summed E-state index contributed by atoms with van der Waals surface area (Å²) in [5.41, 5.74) is 3.71. The first-order valence-corrected chi connectivity index (χ1v) is 18.8. The number of morpholine rings is 1. The molecule has 0 unspecified atom stereocenters. The van der Waals surface area contributed by atoms with Crippen LogP contribution in [0.15, 0.2) is 113 Å². The Morgan fingerprint density at radius 1 is 0.960 bits per heavy atom. The van der Waals surface area contributed by atoms with Gasteiger partial charge in [0, 0.05) is 59.1 Å². The number of carbonyl (C=O) groups excluding carboxylic acids is 1. The summed E-state index contributed by atoms with van der Waals surface area (Å²) in [7, 11) is -4.41. The SMILES string of the molecule is O=C(NS(=O)(=O)c1ccc(NCCSc2ccccc2)c([N+](=O)[O-])c1)c1ccc(-c2ccc(CCCN3CCOCC3)c3cccnc23)cc1. The summed E-state index contributed by atoms with van der Waals surface area (Å²) in [6.07, 6.45) is 3.71. The van der Waals surface area contributed by atoms with E-state index in [1.165, 1.54) is 17.7 Å². The summed E-state index contributed by atoms with van der Waals surface area (Å²) in [6, 6.07) is 28.0. The maximum absolute atomic E-state index is 13.2. The maximum Gasteiger partial charge on any atom is 0.293 e. The number of aromatic nitrogens is 1. The van der Waals surface area contributed by atoms with Gasteiger partial charge in [-0.25, -0.2) is 13.1 Å². The molecule has 0 bridgehead atoms. The Morgan fingerprint density at radius 2 is 1.74 bits per heavy atom. The summed E-state index contributed by atoms with van der Waals surface area (Å²) < 4.78 is 33.8. The number of hydrogen-bond donors (Lipinski definition) is 2. The van der Waals surface area contributed by atoms with Gasteiger partial charge in [0.15, 0.2) is 0 Å². The Bertz CT molecular complexity index is 2070. The summed E-state index contributed by atoms with van der Waals surface area (Å²) in [6.45, 7) is 4.92. The minimum Gasteiger partial charge on any atom is -0.379 e. The summed E-state index contributed by atoms with van der Waals surface area (Å²) >= 11 is 1.59. The molecular weight excluding hydrogens is 675 g/mol. The van der Waals surface area contributed by atoms with E-state index in [1.807, 2.05) is 47.2 Å². The smallest absolute Gasteiger partial charge is 0.293 e. The highest BCUT2D eigenvalue weighted by Gasteiger charge is 2.24. The molecule has 50 heavy (non-hydrogen) atoms. The largest absolute Gasteiger partial charge is 0.379 e. The summed E-state index contributed by atoms with van der Waals surface area (Å²) in [5.74, 6) is -0.206. The second-order valence-corrected chi connectivity index (χ2v) is 14.6. The molecule has 0 radical (unpaired) electrons. The predicted molar refractivity (Wildman–Crippen MR) is 196 cm³/mol. The van der Waals surface area contributed by atoms with Crippen molar-refractivity contribution in [2.45, 2.75) is 22.6 Å². The molecule has 11 nitrogen and oxygen atoms in total. The summed E-state index contributed by atoms with van der Waals surface area (Å²) in [5, 5.41) is 15.9. The number of anilines is 1. The lowest BCUT2D eigenvalue weighted by molar-refractivity contribution is -0.384. The zero-order chi connectivity index (χ0) is 34.9. The average molecular weight is 712 g/mol. The average Bonchev–Trinajstić information content (AvgIpc) is 3.14. The van der Waals surface area contributed by atoms with Crippen LogP contribution in [0, 0.1) is 10.1 Å². The number of thioether (sulfide) groups is 1. The highest BCUT2D eigenvalue weighted by molar-refractivity contribution is 7.99. The van der Waals surface area contributed by atoms with E-state index in [4.69, 9.17) is 4.74 Å². The Labute approximate surface area is 295 Å². The molecule has 1 fully saturated rings. The van der Waals surface area contributed by atoms with E-state index in [9.17, 15) is 23.3 Å². The van der Waals surface area contributed by atoms with Gasteiger partial charge < -0.3 is 10.1 Å². The first-order chi connectivity index (χ1) is 24.3. The minimum atomic E-state index is -4.41. The van der Waals surface area contributed by atoms with E-state index in [0.29, 0.717) is 12.3 Å². The number of nitro benzene ring substituents is 1. The van der Waals surface area contributed by atoms with Crippen LogP contribution in [0.3, 0.4) is 0 Å². The molecule has 1 amide bonds. The van der Waals surface area contributed by atoms with Crippen molar-refractivity contribution in [3.63, 3.8) is 0 Å². The Kier molecular flexibility index (Phi) is 11.4. The van der Waals surface area contributed by atoms with Crippen molar-refractivity contribution in [1.82, 2.24) is 14.6 Å². The third-order valence-electron chi connectivity index (χ3n) is 8.47. The molecular formula is C37H37N5O6S2. The van der Waals surface area contributed by atoms with Gasteiger partial charge in [0.05, 0.1) is 28.5 Å². The highest BCUT2D eigenvalue weighted by Crippen LogP contribution is 2.31. The van der Waals surface area contributed by atoms with Crippen molar-refractivity contribution in [2.75, 3.05) is 50.5 Å². The number of carbonyl (C=O) groups is 1. The predicted octanol–water partition coefficient (Wildman–Crippen LogP) is 6.40. The zero-order valence-corrected chi connectivity index (χ0v) is 28.9. The molecule has 0 spiro atoms. The van der Waals surface area contributed by atoms with Gasteiger partial charge in [0.2, 0.25) is 0 Å². The second kappa shape index (κ2) is 16.3. The lowest BCUT2D eigenvalue weighted by atomic mass is 9.96. The number of nitro groups is 1. The van der Waals surface area contributed by atoms with Gasteiger partial charge in [-0.3, -0.25) is 24.8 Å². The molecule has 0 atom stereocenters. The van der Waals surface area contributed by atoms with Crippen molar-refractivity contribution in [2.24, 2.45) is 0 Å². The van der Waals surface area contributed by atoms with Gasteiger partial charge in [-0.2, -0.15) is 0 Å². The van der Waals surface area contributed by atoms with Crippen LogP contribution in [0.5, 0.6) is 0 Å². The van der Waals surface area contributed by atoms with Crippen molar-refractivity contribution >= 4 is 50.0 Å².